The molecule has 3 N–H and O–H groups in total. The Morgan fingerprint density at radius 3 is 2.79 bits per heavy atom. The van der Waals surface area contributed by atoms with E-state index in [2.05, 4.69) is 12.1 Å². The minimum atomic E-state index is -0.765. The molecule has 0 saturated heterocycles. The van der Waals surface area contributed by atoms with Gasteiger partial charge in [0.05, 0.1) is 6.10 Å². The van der Waals surface area contributed by atoms with E-state index in [-0.39, 0.29) is 17.9 Å². The largest absolute Gasteiger partial charge is 0.508 e. The minimum absolute atomic E-state index is 0.0690. The number of aromatic hydroxyl groups is 2. The van der Waals surface area contributed by atoms with Crippen molar-refractivity contribution >= 4 is 0 Å². The van der Waals surface area contributed by atoms with Gasteiger partial charge in [-0.05, 0) is 23.8 Å². The SMILES string of the molecule is Oc1cc(O)c2c(c1)OC(c1c[c][c]cc1)C(O)C2. The van der Waals surface area contributed by atoms with E-state index in [9.17, 15) is 15.3 Å². The topological polar surface area (TPSA) is 69.9 Å². The fourth-order valence-corrected chi connectivity index (χ4v) is 2.28. The molecule has 2 atom stereocenters. The standard InChI is InChI=1S/C15H12O4/c16-10-6-12(17)11-8-13(18)15(19-14(11)7-10)9-4-2-1-3-5-9/h2,4-7,13,15-18H,8H2. The molecular weight excluding hydrogens is 244 g/mol. The highest BCUT2D eigenvalue weighted by Gasteiger charge is 2.31. The van der Waals surface area contributed by atoms with Crippen LogP contribution >= 0.6 is 0 Å². The van der Waals surface area contributed by atoms with Crippen LogP contribution in [0.5, 0.6) is 17.2 Å². The molecule has 2 aromatic rings. The number of phenolic OH excluding ortho intramolecular Hbond substituents is 2. The molecule has 2 aromatic carbocycles. The van der Waals surface area contributed by atoms with Gasteiger partial charge < -0.3 is 20.1 Å². The Labute approximate surface area is 110 Å². The highest BCUT2D eigenvalue weighted by atomic mass is 16.5. The molecule has 0 spiro atoms. The molecule has 0 saturated carbocycles. The van der Waals surface area contributed by atoms with Crippen LogP contribution in [0.4, 0.5) is 0 Å². The third-order valence-corrected chi connectivity index (χ3v) is 3.20. The van der Waals surface area contributed by atoms with Crippen LogP contribution in [0.1, 0.15) is 17.2 Å². The van der Waals surface area contributed by atoms with Crippen molar-refractivity contribution in [3.8, 4) is 17.2 Å². The van der Waals surface area contributed by atoms with Gasteiger partial charge in [-0.2, -0.15) is 0 Å². The van der Waals surface area contributed by atoms with Crippen LogP contribution in [0.2, 0.25) is 0 Å². The first-order valence-corrected chi connectivity index (χ1v) is 5.92. The van der Waals surface area contributed by atoms with E-state index in [1.54, 1.807) is 18.2 Å². The first kappa shape index (κ1) is 11.9. The number of hydrogen-bond donors (Lipinski definition) is 3. The monoisotopic (exact) mass is 256 g/mol. The molecule has 2 unspecified atom stereocenters. The summed E-state index contributed by atoms with van der Waals surface area (Å²) < 4.78 is 5.69. The van der Waals surface area contributed by atoms with Gasteiger partial charge in [-0.3, -0.25) is 0 Å². The Morgan fingerprint density at radius 2 is 2.05 bits per heavy atom. The predicted molar refractivity (Wildman–Crippen MR) is 67.0 cm³/mol. The first-order valence-electron chi connectivity index (χ1n) is 5.92. The van der Waals surface area contributed by atoms with Crippen LogP contribution < -0.4 is 4.74 Å². The summed E-state index contributed by atoms with van der Waals surface area (Å²) in [6.07, 6.45) is -1.04. The lowest BCUT2D eigenvalue weighted by Gasteiger charge is -2.31. The van der Waals surface area contributed by atoms with E-state index < -0.39 is 12.2 Å². The number of phenols is 2. The number of rotatable bonds is 1. The number of benzene rings is 2. The molecule has 4 nitrogen and oxygen atoms in total. The van der Waals surface area contributed by atoms with E-state index in [1.807, 2.05) is 0 Å². The summed E-state index contributed by atoms with van der Waals surface area (Å²) in [5, 5.41) is 29.4. The van der Waals surface area contributed by atoms with Gasteiger partial charge in [0.1, 0.15) is 23.4 Å². The number of fused-ring (bicyclic) bond motifs is 1. The zero-order valence-corrected chi connectivity index (χ0v) is 10.00. The third kappa shape index (κ3) is 2.11. The van der Waals surface area contributed by atoms with Gasteiger partial charge in [0.15, 0.2) is 0 Å². The van der Waals surface area contributed by atoms with Crippen LogP contribution in [-0.2, 0) is 6.42 Å². The van der Waals surface area contributed by atoms with E-state index in [4.69, 9.17) is 4.74 Å². The molecule has 1 aliphatic heterocycles. The summed E-state index contributed by atoms with van der Waals surface area (Å²) >= 11 is 0. The maximum atomic E-state index is 10.1. The number of aliphatic hydroxyl groups is 1. The molecule has 96 valence electrons. The van der Waals surface area contributed by atoms with Crippen molar-refractivity contribution in [3.63, 3.8) is 0 Å². The highest BCUT2D eigenvalue weighted by Crippen LogP contribution is 2.41. The van der Waals surface area contributed by atoms with Gasteiger partial charge in [-0.15, -0.1) is 0 Å². The molecule has 0 aliphatic carbocycles. The van der Waals surface area contributed by atoms with Crippen molar-refractivity contribution in [2.24, 2.45) is 0 Å². The van der Waals surface area contributed by atoms with Crippen LogP contribution in [0.15, 0.2) is 30.3 Å². The maximum absolute atomic E-state index is 10.1. The normalized spacial score (nSPS) is 21.5. The molecule has 2 radical (unpaired) electrons. The molecule has 0 bridgehead atoms. The van der Waals surface area contributed by atoms with Crippen molar-refractivity contribution in [2.45, 2.75) is 18.6 Å². The molecule has 1 heterocycles. The lowest BCUT2D eigenvalue weighted by Crippen LogP contribution is -2.30. The van der Waals surface area contributed by atoms with Crippen molar-refractivity contribution in [3.05, 3.63) is 53.6 Å². The number of hydrogen-bond acceptors (Lipinski definition) is 4. The Kier molecular flexibility index (Phi) is 2.80. The van der Waals surface area contributed by atoms with Crippen molar-refractivity contribution in [2.75, 3.05) is 0 Å². The average Bonchev–Trinajstić information content (AvgIpc) is 2.40. The van der Waals surface area contributed by atoms with Gasteiger partial charge in [0.2, 0.25) is 0 Å². The Hall–Kier alpha value is -2.20. The lowest BCUT2D eigenvalue weighted by atomic mass is 9.94. The third-order valence-electron chi connectivity index (χ3n) is 3.20. The lowest BCUT2D eigenvalue weighted by molar-refractivity contribution is 0.0198. The van der Waals surface area contributed by atoms with Crippen LogP contribution in [0.3, 0.4) is 0 Å². The van der Waals surface area contributed by atoms with Crippen LogP contribution in [0, 0.1) is 12.1 Å². The molecule has 0 fully saturated rings. The summed E-state index contributed by atoms with van der Waals surface area (Å²) in [7, 11) is 0. The van der Waals surface area contributed by atoms with E-state index >= 15 is 0 Å². The smallest absolute Gasteiger partial charge is 0.150 e. The van der Waals surface area contributed by atoms with Gasteiger partial charge >= 0.3 is 0 Å². The number of aliphatic hydroxyl groups excluding tert-OH is 1. The molecule has 0 amide bonds. The van der Waals surface area contributed by atoms with E-state index in [0.717, 1.165) is 5.56 Å². The molecule has 19 heavy (non-hydrogen) atoms. The Bertz CT molecular complexity index is 595. The summed E-state index contributed by atoms with van der Waals surface area (Å²) in [4.78, 5) is 0. The summed E-state index contributed by atoms with van der Waals surface area (Å²) in [5.41, 5.74) is 1.28. The maximum Gasteiger partial charge on any atom is 0.150 e. The van der Waals surface area contributed by atoms with Crippen LogP contribution in [-0.4, -0.2) is 21.4 Å². The fraction of sp³-hybridized carbons (Fsp3) is 0.200. The zero-order chi connectivity index (χ0) is 13.4. The van der Waals surface area contributed by atoms with Gasteiger partial charge in [0, 0.05) is 24.1 Å². The Morgan fingerprint density at radius 1 is 1.21 bits per heavy atom. The molecule has 4 heteroatoms. The Balaban J connectivity index is 2.00. The second-order valence-corrected chi connectivity index (χ2v) is 4.52. The second kappa shape index (κ2) is 4.48. The van der Waals surface area contributed by atoms with E-state index in [1.165, 1.54) is 12.1 Å². The van der Waals surface area contributed by atoms with Gasteiger partial charge in [-0.1, -0.05) is 12.1 Å². The summed E-state index contributed by atoms with van der Waals surface area (Å²) in [5.74, 6) is 0.250. The molecule has 0 aromatic heterocycles. The number of ether oxygens (including phenoxy) is 1. The quantitative estimate of drug-likeness (QED) is 0.726. The van der Waals surface area contributed by atoms with Gasteiger partial charge in [0.25, 0.3) is 0 Å². The molecular formula is C15H12O4. The molecule has 1 aliphatic rings. The fourth-order valence-electron chi connectivity index (χ4n) is 2.28. The van der Waals surface area contributed by atoms with Crippen molar-refractivity contribution in [1.29, 1.82) is 0 Å². The summed E-state index contributed by atoms with van der Waals surface area (Å²) in [6.45, 7) is 0. The van der Waals surface area contributed by atoms with E-state index in [0.29, 0.717) is 11.3 Å². The zero-order valence-electron chi connectivity index (χ0n) is 10.00. The highest BCUT2D eigenvalue weighted by molar-refractivity contribution is 5.51. The second-order valence-electron chi connectivity index (χ2n) is 4.52. The summed E-state index contributed by atoms with van der Waals surface area (Å²) in [6, 6.07) is 13.4. The first-order chi connectivity index (χ1) is 9.15. The minimum Gasteiger partial charge on any atom is -0.508 e. The predicted octanol–water partition coefficient (Wildman–Crippen LogP) is 1.74. The average molecular weight is 256 g/mol. The van der Waals surface area contributed by atoms with Gasteiger partial charge in [-0.25, -0.2) is 0 Å². The van der Waals surface area contributed by atoms with Crippen molar-refractivity contribution < 1.29 is 20.1 Å². The van der Waals surface area contributed by atoms with Crippen molar-refractivity contribution in [1.82, 2.24) is 0 Å². The van der Waals surface area contributed by atoms with Crippen LogP contribution in [0.25, 0.3) is 0 Å². The molecule has 3 rings (SSSR count).